The third kappa shape index (κ3) is 26.4. The zero-order valence-electron chi connectivity index (χ0n) is 71.9. The van der Waals surface area contributed by atoms with Gasteiger partial charge in [0.1, 0.15) is 57.9 Å². The van der Waals surface area contributed by atoms with E-state index in [4.69, 9.17) is 62.6 Å². The molecular formula is C83H115Cl2N15O19S. The minimum atomic E-state index is -4.37. The van der Waals surface area contributed by atoms with Crippen LogP contribution >= 0.6 is 23.2 Å². The summed E-state index contributed by atoms with van der Waals surface area (Å²) in [5, 5.41) is 26.1. The Hall–Kier alpha value is -10.2. The fraction of sp³-hybridized carbons (Fsp3) is 0.566. The zero-order chi connectivity index (χ0) is 89.2. The van der Waals surface area contributed by atoms with E-state index in [1.807, 2.05) is 39.5 Å². The first-order valence-electron chi connectivity index (χ1n) is 39.9. The molecule has 2 aromatic heterocycles. The fourth-order valence-electron chi connectivity index (χ4n) is 14.3. The van der Waals surface area contributed by atoms with Crippen LogP contribution in [0.3, 0.4) is 0 Å². The second-order valence-corrected chi connectivity index (χ2v) is 37.3. The van der Waals surface area contributed by atoms with Crippen molar-refractivity contribution < 1.29 is 89.9 Å². The van der Waals surface area contributed by atoms with Gasteiger partial charge in [0.15, 0.2) is 11.6 Å². The summed E-state index contributed by atoms with van der Waals surface area (Å²) >= 11 is 14.1. The average Bonchev–Trinajstić information content (AvgIpc) is 1.52. The molecule has 3 aliphatic heterocycles. The number of carbonyl (C=O) groups excluding carboxylic acids is 10. The number of aromatic nitrogens is 4. The summed E-state index contributed by atoms with van der Waals surface area (Å²) in [6, 6.07) is 2.80. The van der Waals surface area contributed by atoms with Gasteiger partial charge in [0.25, 0.3) is 21.8 Å². The quantitative estimate of drug-likeness (QED) is 0.00628. The van der Waals surface area contributed by atoms with Crippen LogP contribution in [0.1, 0.15) is 221 Å². The molecule has 0 bridgehead atoms. The Morgan fingerprint density at radius 2 is 1.00 bits per heavy atom. The highest BCUT2D eigenvalue weighted by molar-refractivity contribution is 7.90. The van der Waals surface area contributed by atoms with E-state index in [1.54, 1.807) is 143 Å². The lowest BCUT2D eigenvalue weighted by atomic mass is 9.94. The number of hydrogen-bond donors (Lipinski definition) is 9. The SMILES string of the molecule is Cc1c(C)c(S(=O)(=O)NC(N)=NCCC[C@H](NC(=O)[C@H](CC(=O)OC(C)(C)C)NC(=O)[C@H](CC(=O)OC(C)(C)C)NC(=O)CCCN2CCc3c(nc(C(=O)Nc4cccc(-c5cccc(NC(=O)c6nc7c(n6C)CCN(CCCC(=O)OC(C)(C)C)C7)c5Cl)c4Cl)n3C)C2)C(=O)N[C@@H](CC(=O)OC(C)(C)C)C(=O)O)c(C)c2c1OC(C)(C)C2. The number of sulfonamides is 1. The van der Waals surface area contributed by atoms with Crippen molar-refractivity contribution in [2.45, 2.75) is 265 Å². The standard InChI is InChI=1S/C83H115Cl2N15O19S/c1-45-46(2)69(47(3)50-42-83(16,17)119-68(45)50)120(113,114)96-78(86)87-34-22-29-53(72(106)95-56(77(111)112)41-65(105)118-82(13,14)15)93-74(108)55(40-64(104)117-81(10,11)12)94-73(107)54(39-63(103)116-80(7,8)9)88-61(101)30-23-35-99-37-32-59-57(43-99)89-70(97(59)18)75(109)91-51-27-20-25-48(66(51)84)49-26-21-28-52(67(49)85)92-76(110)71-90-58-44-100(38-33-60(58)98(71)19)36-24-31-62(102)115-79(4,5)6/h20-21,25-28,53-56H,22-24,29-44H2,1-19H3,(H,88,101)(H,91,109)(H,92,110)(H,93,108)(H,94,107)(H,95,106)(H,111,112)(H3,86,87,96)/t53-,54-,55-,56-/m0/s1. The molecule has 8 rings (SSSR count). The molecule has 0 saturated carbocycles. The van der Waals surface area contributed by atoms with Gasteiger partial charge in [-0.25, -0.2) is 27.9 Å². The third-order valence-electron chi connectivity index (χ3n) is 19.7. The number of hydrogen-bond acceptors (Lipinski definition) is 23. The van der Waals surface area contributed by atoms with Crippen LogP contribution in [-0.4, -0.2) is 199 Å². The van der Waals surface area contributed by atoms with Crippen LogP contribution < -0.4 is 47.1 Å². The number of carboxylic acids is 1. The molecule has 4 atom stereocenters. The Kier molecular flexibility index (Phi) is 31.0. The van der Waals surface area contributed by atoms with Crippen LogP contribution in [0, 0.1) is 20.8 Å². The van der Waals surface area contributed by atoms with Crippen LogP contribution in [0.5, 0.6) is 5.75 Å². The fourth-order valence-corrected chi connectivity index (χ4v) is 16.3. The predicted octanol–water partition coefficient (Wildman–Crippen LogP) is 8.18. The van der Waals surface area contributed by atoms with E-state index in [-0.39, 0.29) is 77.0 Å². The molecule has 10 N–H and O–H groups in total. The molecule has 0 aliphatic carbocycles. The van der Waals surface area contributed by atoms with E-state index >= 15 is 0 Å². The van der Waals surface area contributed by atoms with Gasteiger partial charge in [-0.05, 0) is 185 Å². The molecule has 3 aromatic carbocycles. The lowest BCUT2D eigenvalue weighted by Crippen LogP contribution is -2.58. The molecule has 34 nitrogen and oxygen atoms in total. The number of nitrogens with zero attached hydrogens (tertiary/aromatic N) is 7. The van der Waals surface area contributed by atoms with Gasteiger partial charge in [-0.1, -0.05) is 47.5 Å². The normalized spacial score (nSPS) is 15.4. The second-order valence-electron chi connectivity index (χ2n) is 34.9. The molecule has 0 fully saturated rings. The lowest BCUT2D eigenvalue weighted by Gasteiger charge is -2.27. The number of carboxylic acid groups (broad SMARTS) is 1. The predicted molar refractivity (Wildman–Crippen MR) is 448 cm³/mol. The van der Waals surface area contributed by atoms with Gasteiger partial charge in [-0.3, -0.25) is 62.7 Å². The summed E-state index contributed by atoms with van der Waals surface area (Å²) in [6.07, 6.45) is -0.643. The number of ether oxygens (including phenoxy) is 5. The summed E-state index contributed by atoms with van der Waals surface area (Å²) in [5.41, 5.74) is 8.56. The Bertz CT molecular complexity index is 4910. The average molecular weight is 1730 g/mol. The minimum Gasteiger partial charge on any atom is -0.487 e. The van der Waals surface area contributed by atoms with Crippen molar-refractivity contribution in [3.05, 3.63) is 103 Å². The van der Waals surface area contributed by atoms with Crippen molar-refractivity contribution in [1.82, 2.24) is 54.9 Å². The highest BCUT2D eigenvalue weighted by Gasteiger charge is 2.40. The van der Waals surface area contributed by atoms with E-state index in [0.717, 1.165) is 29.2 Å². The molecule has 120 heavy (non-hydrogen) atoms. The van der Waals surface area contributed by atoms with Gasteiger partial charge in [0.2, 0.25) is 29.6 Å². The van der Waals surface area contributed by atoms with Crippen LogP contribution in [0.4, 0.5) is 11.4 Å². The number of anilines is 2. The van der Waals surface area contributed by atoms with Crippen molar-refractivity contribution in [3.63, 3.8) is 0 Å². The maximum absolute atomic E-state index is 14.8. The molecule has 0 unspecified atom stereocenters. The molecule has 656 valence electrons. The molecular weight excluding hydrogens is 1610 g/mol. The first-order valence-corrected chi connectivity index (χ1v) is 42.1. The second kappa shape index (κ2) is 39.1. The van der Waals surface area contributed by atoms with E-state index in [1.165, 1.54) is 0 Å². The summed E-state index contributed by atoms with van der Waals surface area (Å²) in [4.78, 5) is 169. The Morgan fingerprint density at radius 3 is 1.46 bits per heavy atom. The topological polar surface area (TPSA) is 453 Å². The smallest absolute Gasteiger partial charge is 0.326 e. The highest BCUT2D eigenvalue weighted by Crippen LogP contribution is 2.45. The number of guanidine groups is 1. The van der Waals surface area contributed by atoms with Gasteiger partial charge < -0.3 is 75.6 Å². The molecule has 3 aliphatic rings. The maximum Gasteiger partial charge on any atom is 0.326 e. The van der Waals surface area contributed by atoms with E-state index in [0.29, 0.717) is 96.8 Å². The van der Waals surface area contributed by atoms with Crippen molar-refractivity contribution >= 4 is 116 Å². The van der Waals surface area contributed by atoms with E-state index < -0.39 is 153 Å². The van der Waals surface area contributed by atoms with E-state index in [9.17, 15) is 66.3 Å². The highest BCUT2D eigenvalue weighted by atomic mass is 35.5. The molecule has 5 heterocycles. The minimum absolute atomic E-state index is 0.0181. The third-order valence-corrected chi connectivity index (χ3v) is 22.1. The zero-order valence-corrected chi connectivity index (χ0v) is 74.2. The van der Waals surface area contributed by atoms with E-state index in [2.05, 4.69) is 46.5 Å². The van der Waals surface area contributed by atoms with Gasteiger partial charge in [-0.15, -0.1) is 0 Å². The molecule has 0 radical (unpaired) electrons. The number of aliphatic imine (C=N–C) groups is 1. The maximum atomic E-state index is 14.8. The number of esters is 4. The molecule has 6 amide bonds. The molecule has 0 saturated heterocycles. The number of rotatable bonds is 33. The summed E-state index contributed by atoms with van der Waals surface area (Å²) in [7, 11) is -0.856. The monoisotopic (exact) mass is 1730 g/mol. The number of aliphatic carboxylic acids is 1. The molecule has 5 aromatic rings. The van der Waals surface area contributed by atoms with Gasteiger partial charge in [-0.2, -0.15) is 0 Å². The first-order chi connectivity index (χ1) is 55.7. The van der Waals surface area contributed by atoms with Crippen LogP contribution in [0.2, 0.25) is 10.0 Å². The van der Waals surface area contributed by atoms with Gasteiger partial charge in [0, 0.05) is 107 Å². The Balaban J connectivity index is 0.919. The number of imidazole rings is 2. The van der Waals surface area contributed by atoms with Crippen LogP contribution in [0.15, 0.2) is 46.3 Å². The first kappa shape index (κ1) is 95.2. The molecule has 0 spiro atoms. The summed E-state index contributed by atoms with van der Waals surface area (Å²) in [5.74, 6) is -9.82. The molecule has 37 heteroatoms. The number of carbonyl (C=O) groups is 11. The van der Waals surface area contributed by atoms with Crippen molar-refractivity contribution in [2.24, 2.45) is 24.8 Å². The van der Waals surface area contributed by atoms with Crippen LogP contribution in [0.25, 0.3) is 11.1 Å². The Morgan fingerprint density at radius 1 is 0.583 bits per heavy atom. The number of nitrogens with two attached hydrogens (primary N) is 1. The van der Waals surface area contributed by atoms with Gasteiger partial charge >= 0.3 is 29.8 Å². The number of nitrogens with one attached hydrogen (secondary N) is 7. The summed E-state index contributed by atoms with van der Waals surface area (Å²) in [6.45, 7) is 31.0. The largest absolute Gasteiger partial charge is 0.487 e. The van der Waals surface area contributed by atoms with Crippen LogP contribution in [-0.2, 0) is 119 Å². The van der Waals surface area contributed by atoms with Crippen molar-refractivity contribution in [1.29, 1.82) is 0 Å². The number of benzene rings is 3. The summed E-state index contributed by atoms with van der Waals surface area (Å²) < 4.78 is 61.9. The van der Waals surface area contributed by atoms with Crippen molar-refractivity contribution in [2.75, 3.05) is 43.4 Å². The Labute approximate surface area is 710 Å². The number of amides is 6. The number of fused-ring (bicyclic) bond motifs is 3. The number of halogens is 2. The van der Waals surface area contributed by atoms with Crippen molar-refractivity contribution in [3.8, 4) is 16.9 Å². The van der Waals surface area contributed by atoms with Gasteiger partial charge in [0.05, 0.1) is 57.0 Å². The lowest BCUT2D eigenvalue weighted by molar-refractivity contribution is -0.159.